The quantitative estimate of drug-likeness (QED) is 0.0261. The minimum Gasteiger partial charge on any atom is -0.462 e. The van der Waals surface area contributed by atoms with E-state index in [9.17, 15) is 14.4 Å². The third-order valence-electron chi connectivity index (χ3n) is 13.6. The van der Waals surface area contributed by atoms with Gasteiger partial charge in [0, 0.05) is 19.3 Å². The van der Waals surface area contributed by atoms with Crippen LogP contribution in [0, 0.1) is 0 Å². The number of hydrogen-bond acceptors (Lipinski definition) is 6. The van der Waals surface area contributed by atoms with E-state index in [-0.39, 0.29) is 31.1 Å². The van der Waals surface area contributed by atoms with Crippen LogP contribution >= 0.6 is 0 Å². The topological polar surface area (TPSA) is 78.9 Å². The van der Waals surface area contributed by atoms with E-state index in [2.05, 4.69) is 106 Å². The Morgan fingerprint density at radius 1 is 0.284 bits per heavy atom. The number of esters is 3. The van der Waals surface area contributed by atoms with E-state index in [1.165, 1.54) is 161 Å². The first-order valence-electron chi connectivity index (χ1n) is 31.6. The molecule has 426 valence electrons. The number of carbonyl (C=O) groups excluding carboxylic acids is 3. The summed E-state index contributed by atoms with van der Waals surface area (Å²) in [5.74, 6) is -0.876. The molecule has 0 aromatic carbocycles. The normalized spacial score (nSPS) is 12.6. The highest BCUT2D eigenvalue weighted by atomic mass is 16.6. The molecule has 0 spiro atoms. The fourth-order valence-electron chi connectivity index (χ4n) is 8.91. The van der Waals surface area contributed by atoms with Gasteiger partial charge in [-0.15, -0.1) is 0 Å². The summed E-state index contributed by atoms with van der Waals surface area (Å²) in [6.45, 7) is 6.52. The Hall–Kier alpha value is -3.41. The molecule has 0 aliphatic carbocycles. The van der Waals surface area contributed by atoms with Gasteiger partial charge in [-0.05, 0) is 96.3 Å². The maximum absolute atomic E-state index is 12.8. The average molecular weight is 1030 g/mol. The maximum atomic E-state index is 12.8. The predicted molar refractivity (Wildman–Crippen MR) is 321 cm³/mol. The number of unbranched alkanes of at least 4 members (excludes halogenated alkanes) is 32. The Kier molecular flexibility index (Phi) is 59.3. The molecule has 0 amide bonds. The zero-order valence-electron chi connectivity index (χ0n) is 48.8. The number of hydrogen-bond donors (Lipinski definition) is 0. The van der Waals surface area contributed by atoms with E-state index in [4.69, 9.17) is 14.2 Å². The highest BCUT2D eigenvalue weighted by Gasteiger charge is 2.19. The number of allylic oxidation sites excluding steroid dienone is 14. The molecule has 0 aliphatic heterocycles. The fraction of sp³-hybridized carbons (Fsp3) is 0.750. The summed E-state index contributed by atoms with van der Waals surface area (Å²) in [6, 6.07) is 0. The SMILES string of the molecule is CC/C=C\C/C=C\C/C=C\C/C=C\C/C=C\C/C=C\CCCCCCCCCCCCCCC(=O)OCC(COC(=O)CCCCCCCCCCCCCC)OC(=O)CCCCCCC/C=C\CCCCCC. The van der Waals surface area contributed by atoms with Crippen LogP contribution < -0.4 is 0 Å². The van der Waals surface area contributed by atoms with Crippen LogP contribution in [-0.4, -0.2) is 37.2 Å². The van der Waals surface area contributed by atoms with E-state index in [0.717, 1.165) is 109 Å². The van der Waals surface area contributed by atoms with Crippen LogP contribution in [0.1, 0.15) is 310 Å². The second-order valence-corrected chi connectivity index (χ2v) is 20.9. The zero-order chi connectivity index (χ0) is 53.6. The molecule has 0 radical (unpaired) electrons. The molecule has 0 bridgehead atoms. The van der Waals surface area contributed by atoms with Crippen molar-refractivity contribution in [3.05, 3.63) is 85.1 Å². The monoisotopic (exact) mass is 1030 g/mol. The van der Waals surface area contributed by atoms with E-state index in [1.54, 1.807) is 0 Å². The standard InChI is InChI=1S/C68H118O6/c1-4-7-10-13-16-19-22-25-26-27-28-29-30-31-32-33-34-35-36-37-38-39-40-41-42-44-46-49-52-55-58-61-67(70)73-64-65(63-72-66(69)60-57-54-51-48-45-24-21-18-15-12-9-6-3)74-68(71)62-59-56-53-50-47-43-23-20-17-14-11-8-5-2/h7,10,16,19-20,23,25-26,28-29,31-32,34-35,65H,4-6,8-9,11-15,17-18,21-22,24,27,30,33,36-64H2,1-3H3/b10-7-,19-16-,23-20-,26-25-,29-28-,32-31-,35-34-. The van der Waals surface area contributed by atoms with Gasteiger partial charge in [0.25, 0.3) is 0 Å². The van der Waals surface area contributed by atoms with Crippen LogP contribution in [-0.2, 0) is 28.6 Å². The Morgan fingerprint density at radius 3 is 0.851 bits per heavy atom. The van der Waals surface area contributed by atoms with Gasteiger partial charge < -0.3 is 14.2 Å². The predicted octanol–water partition coefficient (Wildman–Crippen LogP) is 21.5. The largest absolute Gasteiger partial charge is 0.462 e. The average Bonchev–Trinajstić information content (AvgIpc) is 3.40. The van der Waals surface area contributed by atoms with Gasteiger partial charge in [-0.2, -0.15) is 0 Å². The molecule has 0 aromatic heterocycles. The lowest BCUT2D eigenvalue weighted by Gasteiger charge is -2.18. The zero-order valence-corrected chi connectivity index (χ0v) is 48.8. The van der Waals surface area contributed by atoms with Gasteiger partial charge in [-0.1, -0.05) is 279 Å². The van der Waals surface area contributed by atoms with Crippen LogP contribution in [0.5, 0.6) is 0 Å². The van der Waals surface area contributed by atoms with Crippen molar-refractivity contribution < 1.29 is 28.6 Å². The Balaban J connectivity index is 4.17. The highest BCUT2D eigenvalue weighted by Crippen LogP contribution is 2.16. The molecule has 1 atom stereocenters. The molecule has 0 saturated heterocycles. The molecule has 0 N–H and O–H groups in total. The minimum absolute atomic E-state index is 0.0761. The van der Waals surface area contributed by atoms with Crippen molar-refractivity contribution >= 4 is 17.9 Å². The summed E-state index contributed by atoms with van der Waals surface area (Å²) in [6.07, 6.45) is 81.6. The third-order valence-corrected chi connectivity index (χ3v) is 13.6. The second kappa shape index (κ2) is 62.1. The van der Waals surface area contributed by atoms with Gasteiger partial charge in [0.2, 0.25) is 0 Å². The van der Waals surface area contributed by atoms with Crippen molar-refractivity contribution in [1.82, 2.24) is 0 Å². The molecule has 0 fully saturated rings. The number of carbonyl (C=O) groups is 3. The first kappa shape index (κ1) is 70.6. The molecule has 74 heavy (non-hydrogen) atoms. The van der Waals surface area contributed by atoms with Crippen LogP contribution in [0.2, 0.25) is 0 Å². The summed E-state index contributed by atoms with van der Waals surface area (Å²) in [5.41, 5.74) is 0. The summed E-state index contributed by atoms with van der Waals surface area (Å²) < 4.78 is 16.9. The lowest BCUT2D eigenvalue weighted by Crippen LogP contribution is -2.30. The van der Waals surface area contributed by atoms with Crippen molar-refractivity contribution in [1.29, 1.82) is 0 Å². The molecular weight excluding hydrogens is 913 g/mol. The molecule has 0 heterocycles. The van der Waals surface area contributed by atoms with Crippen LogP contribution in [0.15, 0.2) is 85.1 Å². The Morgan fingerprint density at radius 2 is 0.527 bits per heavy atom. The van der Waals surface area contributed by atoms with Crippen molar-refractivity contribution in [2.75, 3.05) is 13.2 Å². The van der Waals surface area contributed by atoms with Crippen LogP contribution in [0.4, 0.5) is 0 Å². The van der Waals surface area contributed by atoms with E-state index in [0.29, 0.717) is 19.3 Å². The molecule has 6 nitrogen and oxygen atoms in total. The van der Waals surface area contributed by atoms with Gasteiger partial charge in [0.1, 0.15) is 13.2 Å². The highest BCUT2D eigenvalue weighted by molar-refractivity contribution is 5.71. The van der Waals surface area contributed by atoms with E-state index >= 15 is 0 Å². The fourth-order valence-corrected chi connectivity index (χ4v) is 8.91. The molecule has 0 aliphatic rings. The lowest BCUT2D eigenvalue weighted by atomic mass is 10.0. The molecular formula is C68H118O6. The van der Waals surface area contributed by atoms with Crippen LogP contribution in [0.25, 0.3) is 0 Å². The van der Waals surface area contributed by atoms with Crippen molar-refractivity contribution in [2.45, 2.75) is 316 Å². The summed E-state index contributed by atoms with van der Waals surface area (Å²) in [5, 5.41) is 0. The van der Waals surface area contributed by atoms with E-state index in [1.807, 2.05) is 0 Å². The second-order valence-electron chi connectivity index (χ2n) is 20.9. The summed E-state index contributed by atoms with van der Waals surface area (Å²) >= 11 is 0. The van der Waals surface area contributed by atoms with E-state index < -0.39 is 6.10 Å². The summed E-state index contributed by atoms with van der Waals surface area (Å²) in [4.78, 5) is 38.2. The van der Waals surface area contributed by atoms with Gasteiger partial charge in [-0.25, -0.2) is 0 Å². The number of ether oxygens (including phenoxy) is 3. The molecule has 1 unspecified atom stereocenters. The summed E-state index contributed by atoms with van der Waals surface area (Å²) in [7, 11) is 0. The Labute approximate surface area is 458 Å². The van der Waals surface area contributed by atoms with Crippen molar-refractivity contribution in [3.8, 4) is 0 Å². The number of rotatable bonds is 57. The first-order chi connectivity index (χ1) is 36.5. The van der Waals surface area contributed by atoms with Crippen LogP contribution in [0.3, 0.4) is 0 Å². The molecule has 6 heteroatoms. The van der Waals surface area contributed by atoms with Gasteiger partial charge >= 0.3 is 17.9 Å². The maximum Gasteiger partial charge on any atom is 0.306 e. The third kappa shape index (κ3) is 59.5. The molecule has 0 aromatic rings. The smallest absolute Gasteiger partial charge is 0.306 e. The first-order valence-corrected chi connectivity index (χ1v) is 31.6. The lowest BCUT2D eigenvalue weighted by molar-refractivity contribution is -0.167. The molecule has 0 saturated carbocycles. The Bertz CT molecular complexity index is 1420. The van der Waals surface area contributed by atoms with Crippen molar-refractivity contribution in [2.24, 2.45) is 0 Å². The van der Waals surface area contributed by atoms with Crippen molar-refractivity contribution in [3.63, 3.8) is 0 Å². The minimum atomic E-state index is -0.778. The van der Waals surface area contributed by atoms with Gasteiger partial charge in [0.15, 0.2) is 6.10 Å². The molecule has 0 rings (SSSR count). The van der Waals surface area contributed by atoms with Gasteiger partial charge in [0.05, 0.1) is 0 Å². The van der Waals surface area contributed by atoms with Gasteiger partial charge in [-0.3, -0.25) is 14.4 Å².